The fourth-order valence-electron chi connectivity index (χ4n) is 4.60. The number of hydrogen-bond acceptors (Lipinski definition) is 5. The van der Waals surface area contributed by atoms with E-state index in [4.69, 9.17) is 9.40 Å². The van der Waals surface area contributed by atoms with Crippen LogP contribution < -0.4 is 10.5 Å². The molecule has 0 bridgehead atoms. The van der Waals surface area contributed by atoms with Gasteiger partial charge in [-0.3, -0.25) is 4.79 Å². The van der Waals surface area contributed by atoms with E-state index in [-0.39, 0.29) is 5.56 Å². The molecule has 2 aliphatic rings. The molecule has 1 aliphatic heterocycles. The Morgan fingerprint density at radius 3 is 3.04 bits per heavy atom. The Kier molecular flexibility index (Phi) is 3.82. The number of aromatic amines is 1. The first-order valence-corrected chi connectivity index (χ1v) is 11.5. The van der Waals surface area contributed by atoms with Crippen molar-refractivity contribution in [2.24, 2.45) is 5.92 Å². The molecule has 1 unspecified atom stereocenters. The largest absolute Gasteiger partial charge is 0.464 e. The summed E-state index contributed by atoms with van der Waals surface area (Å²) in [6, 6.07) is 6.59. The topological polar surface area (TPSA) is 63.3 Å². The predicted octanol–water partition coefficient (Wildman–Crippen LogP) is 3.40. The van der Waals surface area contributed by atoms with Crippen LogP contribution in [0.25, 0.3) is 21.5 Å². The van der Waals surface area contributed by atoms with Gasteiger partial charge < -0.3 is 14.3 Å². The fourth-order valence-corrected chi connectivity index (χ4v) is 6.48. The van der Waals surface area contributed by atoms with Crippen molar-refractivity contribution in [1.29, 1.82) is 0 Å². The van der Waals surface area contributed by atoms with Crippen molar-refractivity contribution in [2.45, 2.75) is 31.8 Å². The van der Waals surface area contributed by atoms with Gasteiger partial charge in [0.25, 0.3) is 5.56 Å². The molecule has 1 aliphatic carbocycles. The molecule has 0 saturated heterocycles. The van der Waals surface area contributed by atoms with Crippen LogP contribution in [0.4, 0.5) is 0 Å². The van der Waals surface area contributed by atoms with Crippen LogP contribution in [0.1, 0.15) is 35.1 Å². The van der Waals surface area contributed by atoms with Gasteiger partial charge >= 0.3 is 0 Å². The summed E-state index contributed by atoms with van der Waals surface area (Å²) >= 11 is 3.41. The number of fused-ring (bicyclic) bond motifs is 2. The molecular formula is C21H20N3O2S2+. The summed E-state index contributed by atoms with van der Waals surface area (Å²) in [6.45, 7) is 1.88. The van der Waals surface area contributed by atoms with E-state index < -0.39 is 0 Å². The second-order valence-electron chi connectivity index (χ2n) is 7.77. The molecule has 4 aromatic heterocycles. The highest BCUT2D eigenvalue weighted by Crippen LogP contribution is 2.42. The van der Waals surface area contributed by atoms with Gasteiger partial charge in [0.2, 0.25) is 0 Å². The number of thiophene rings is 2. The van der Waals surface area contributed by atoms with E-state index in [1.165, 1.54) is 29.7 Å². The molecule has 0 spiro atoms. The number of furan rings is 1. The molecule has 0 amide bonds. The minimum Gasteiger partial charge on any atom is -0.464 e. The van der Waals surface area contributed by atoms with Gasteiger partial charge in [-0.25, -0.2) is 4.98 Å². The maximum Gasteiger partial charge on any atom is 0.260 e. The van der Waals surface area contributed by atoms with Crippen molar-refractivity contribution in [3.63, 3.8) is 0 Å². The Labute approximate surface area is 169 Å². The van der Waals surface area contributed by atoms with Crippen molar-refractivity contribution >= 4 is 32.9 Å². The van der Waals surface area contributed by atoms with Crippen LogP contribution in [0.3, 0.4) is 0 Å². The monoisotopic (exact) mass is 410 g/mol. The molecule has 0 aromatic carbocycles. The molecule has 1 saturated carbocycles. The van der Waals surface area contributed by atoms with E-state index in [0.717, 1.165) is 41.6 Å². The quantitative estimate of drug-likeness (QED) is 0.542. The second kappa shape index (κ2) is 6.40. The summed E-state index contributed by atoms with van der Waals surface area (Å²) < 4.78 is 5.49. The second-order valence-corrected chi connectivity index (χ2v) is 9.63. The van der Waals surface area contributed by atoms with Crippen molar-refractivity contribution in [1.82, 2.24) is 9.97 Å². The number of rotatable bonds is 4. The van der Waals surface area contributed by atoms with E-state index in [1.54, 1.807) is 16.0 Å². The lowest BCUT2D eigenvalue weighted by Gasteiger charge is -2.32. The maximum atomic E-state index is 12.9. The van der Waals surface area contributed by atoms with Crippen molar-refractivity contribution in [3.05, 3.63) is 61.8 Å². The van der Waals surface area contributed by atoms with E-state index in [1.807, 2.05) is 28.8 Å². The number of nitrogens with zero attached hydrogens (tertiary/aromatic N) is 1. The van der Waals surface area contributed by atoms with Crippen LogP contribution in [0.2, 0.25) is 0 Å². The van der Waals surface area contributed by atoms with Gasteiger partial charge in [0.15, 0.2) is 5.82 Å². The molecule has 142 valence electrons. The van der Waals surface area contributed by atoms with Crippen LogP contribution >= 0.6 is 22.7 Å². The maximum absolute atomic E-state index is 12.9. The number of nitrogens with one attached hydrogen (secondary N) is 2. The smallest absolute Gasteiger partial charge is 0.260 e. The van der Waals surface area contributed by atoms with Crippen molar-refractivity contribution in [2.75, 3.05) is 6.54 Å². The van der Waals surface area contributed by atoms with Gasteiger partial charge in [-0.05, 0) is 36.4 Å². The lowest BCUT2D eigenvalue weighted by molar-refractivity contribution is -0.950. The summed E-state index contributed by atoms with van der Waals surface area (Å²) in [7, 11) is 0. The van der Waals surface area contributed by atoms with Gasteiger partial charge in [0, 0.05) is 33.7 Å². The zero-order valence-corrected chi connectivity index (χ0v) is 16.9. The third kappa shape index (κ3) is 2.69. The van der Waals surface area contributed by atoms with Crippen LogP contribution in [0, 0.1) is 5.92 Å². The summed E-state index contributed by atoms with van der Waals surface area (Å²) in [6.07, 6.45) is 5.40. The average Bonchev–Trinajstić information content (AvgIpc) is 3.10. The highest BCUT2D eigenvalue weighted by atomic mass is 32.1. The molecule has 4 aromatic rings. The van der Waals surface area contributed by atoms with E-state index in [9.17, 15) is 4.79 Å². The Bertz CT molecular complexity index is 1200. The van der Waals surface area contributed by atoms with Gasteiger partial charge in [0.05, 0.1) is 18.2 Å². The highest BCUT2D eigenvalue weighted by molar-refractivity contribution is 7.17. The molecule has 7 heteroatoms. The van der Waals surface area contributed by atoms with E-state index in [2.05, 4.69) is 16.4 Å². The van der Waals surface area contributed by atoms with Crippen LogP contribution in [-0.2, 0) is 13.0 Å². The molecule has 28 heavy (non-hydrogen) atoms. The third-order valence-corrected chi connectivity index (χ3v) is 7.86. The van der Waals surface area contributed by atoms with E-state index >= 15 is 0 Å². The van der Waals surface area contributed by atoms with Crippen LogP contribution in [-0.4, -0.2) is 16.5 Å². The van der Waals surface area contributed by atoms with Gasteiger partial charge in [-0.15, -0.1) is 22.7 Å². The summed E-state index contributed by atoms with van der Waals surface area (Å²) in [4.78, 5) is 24.6. The summed E-state index contributed by atoms with van der Waals surface area (Å²) in [5.41, 5.74) is 2.30. The number of quaternary nitrogens is 1. The molecule has 5 nitrogen and oxygen atoms in total. The molecule has 6 rings (SSSR count). The minimum absolute atomic E-state index is 0.0664. The third-order valence-electron chi connectivity index (χ3n) is 6.00. The molecule has 2 atom stereocenters. The first-order chi connectivity index (χ1) is 13.8. The molecular weight excluding hydrogens is 390 g/mol. The number of aromatic nitrogens is 2. The van der Waals surface area contributed by atoms with Crippen molar-refractivity contribution in [3.8, 4) is 11.3 Å². The zero-order valence-electron chi connectivity index (χ0n) is 15.2. The number of hydrogen-bond donors (Lipinski definition) is 2. The Morgan fingerprint density at radius 2 is 2.21 bits per heavy atom. The fraction of sp³-hybridized carbons (Fsp3) is 0.333. The Balaban J connectivity index is 1.36. The van der Waals surface area contributed by atoms with Crippen LogP contribution in [0.5, 0.6) is 0 Å². The SMILES string of the molecule is O=c1[nH]c(C[NH+]2CCc3sccc3[C@H]2C2CC2)nc2scc(-c3ccco3)c12. The lowest BCUT2D eigenvalue weighted by Crippen LogP contribution is -3.12. The average molecular weight is 411 g/mol. The van der Waals surface area contributed by atoms with Gasteiger partial charge in [-0.2, -0.15) is 0 Å². The van der Waals surface area contributed by atoms with Gasteiger partial charge in [-0.1, -0.05) is 0 Å². The number of H-pyrrole nitrogens is 1. The first-order valence-electron chi connectivity index (χ1n) is 9.73. The molecule has 5 heterocycles. The predicted molar refractivity (Wildman–Crippen MR) is 111 cm³/mol. The summed E-state index contributed by atoms with van der Waals surface area (Å²) in [5.74, 6) is 2.29. The normalized spacial score (nSPS) is 21.9. The van der Waals surface area contributed by atoms with E-state index in [0.29, 0.717) is 17.2 Å². The first kappa shape index (κ1) is 16.7. The van der Waals surface area contributed by atoms with Crippen LogP contribution in [0.15, 0.2) is 44.4 Å². The zero-order chi connectivity index (χ0) is 18.7. The molecule has 0 radical (unpaired) electrons. The highest BCUT2D eigenvalue weighted by Gasteiger charge is 2.43. The minimum atomic E-state index is -0.0664. The lowest BCUT2D eigenvalue weighted by atomic mass is 9.96. The standard InChI is InChI=1S/C21H19N3O2S2/c25-20-18-14(15-2-1-8-26-15)11-28-21(18)23-17(22-20)10-24-7-5-16-13(6-9-27-16)19(24)12-3-4-12/h1-2,6,8-9,11-12,19H,3-5,7,10H2,(H,22,23,25)/p+1/t19-/m1/s1. The molecule has 1 fully saturated rings. The van der Waals surface area contributed by atoms with Crippen molar-refractivity contribution < 1.29 is 9.32 Å². The Hall–Kier alpha value is -2.22. The molecule has 2 N–H and O–H groups in total. The Morgan fingerprint density at radius 1 is 1.29 bits per heavy atom. The summed E-state index contributed by atoms with van der Waals surface area (Å²) in [5, 5.41) is 4.83. The van der Waals surface area contributed by atoms with Gasteiger partial charge in [0.1, 0.15) is 23.2 Å².